The second kappa shape index (κ2) is 6.33. The summed E-state index contributed by atoms with van der Waals surface area (Å²) in [5, 5.41) is 8.47. The van der Waals surface area contributed by atoms with Crippen LogP contribution in [0.1, 0.15) is 22.8 Å². The standard InChI is InChI=1S/C12H14O3S/c1-2-9-5-3-4-6-10(9)11(13)7-16-8-12(14)15/h3-6H,2,7-8H2,1H3,(H,14,15). The minimum absolute atomic E-state index is 0.00343. The molecule has 1 aromatic carbocycles. The van der Waals surface area contributed by atoms with Gasteiger partial charge in [-0.2, -0.15) is 0 Å². The van der Waals surface area contributed by atoms with Crippen LogP contribution in [0.15, 0.2) is 24.3 Å². The highest BCUT2D eigenvalue weighted by Gasteiger charge is 2.10. The second-order valence-electron chi connectivity index (χ2n) is 3.32. The molecule has 0 aromatic heterocycles. The third-order valence-electron chi connectivity index (χ3n) is 2.16. The molecule has 86 valence electrons. The van der Waals surface area contributed by atoms with Gasteiger partial charge in [0.15, 0.2) is 5.78 Å². The van der Waals surface area contributed by atoms with Gasteiger partial charge in [0.25, 0.3) is 0 Å². The smallest absolute Gasteiger partial charge is 0.313 e. The molecule has 3 nitrogen and oxygen atoms in total. The third kappa shape index (κ3) is 3.70. The average molecular weight is 238 g/mol. The zero-order valence-electron chi connectivity index (χ0n) is 9.10. The van der Waals surface area contributed by atoms with Crippen LogP contribution in [0.5, 0.6) is 0 Å². The van der Waals surface area contributed by atoms with Gasteiger partial charge in [-0.15, -0.1) is 11.8 Å². The van der Waals surface area contributed by atoms with E-state index in [9.17, 15) is 9.59 Å². The summed E-state index contributed by atoms with van der Waals surface area (Å²) in [4.78, 5) is 22.1. The molecule has 1 N–H and O–H groups in total. The summed E-state index contributed by atoms with van der Waals surface area (Å²) in [7, 11) is 0. The average Bonchev–Trinajstić information content (AvgIpc) is 2.28. The Hall–Kier alpha value is -1.29. The van der Waals surface area contributed by atoms with Gasteiger partial charge in [-0.05, 0) is 12.0 Å². The normalized spacial score (nSPS) is 10.1. The monoisotopic (exact) mass is 238 g/mol. The first-order valence-corrected chi connectivity index (χ1v) is 6.21. The molecule has 1 rings (SSSR count). The van der Waals surface area contributed by atoms with Crippen LogP contribution in [0.25, 0.3) is 0 Å². The number of rotatable bonds is 6. The summed E-state index contributed by atoms with van der Waals surface area (Å²) in [5.41, 5.74) is 1.73. The second-order valence-corrected chi connectivity index (χ2v) is 4.31. The number of aryl methyl sites for hydroxylation is 1. The first-order valence-electron chi connectivity index (χ1n) is 5.05. The van der Waals surface area contributed by atoms with Crippen LogP contribution in [0.2, 0.25) is 0 Å². The van der Waals surface area contributed by atoms with Gasteiger partial charge in [-0.25, -0.2) is 0 Å². The van der Waals surface area contributed by atoms with Crippen LogP contribution in [0, 0.1) is 0 Å². The van der Waals surface area contributed by atoms with Gasteiger partial charge < -0.3 is 5.11 Å². The molecule has 0 aliphatic carbocycles. The number of carbonyl (C=O) groups excluding carboxylic acids is 1. The van der Waals surface area contributed by atoms with Crippen LogP contribution < -0.4 is 0 Å². The van der Waals surface area contributed by atoms with Crippen molar-refractivity contribution in [3.8, 4) is 0 Å². The van der Waals surface area contributed by atoms with E-state index in [-0.39, 0.29) is 17.3 Å². The molecule has 0 aliphatic rings. The van der Waals surface area contributed by atoms with Gasteiger partial charge in [-0.1, -0.05) is 31.2 Å². The van der Waals surface area contributed by atoms with E-state index in [1.54, 1.807) is 6.07 Å². The number of thioether (sulfide) groups is 1. The third-order valence-corrected chi connectivity index (χ3v) is 3.07. The lowest BCUT2D eigenvalue weighted by atomic mass is 10.0. The lowest BCUT2D eigenvalue weighted by Crippen LogP contribution is -2.08. The molecule has 0 saturated heterocycles. The maximum Gasteiger partial charge on any atom is 0.313 e. The Kier molecular flexibility index (Phi) is 5.05. The molecule has 1 aromatic rings. The van der Waals surface area contributed by atoms with Gasteiger partial charge in [0.1, 0.15) is 0 Å². The number of aliphatic carboxylic acids is 1. The largest absolute Gasteiger partial charge is 0.481 e. The van der Waals surface area contributed by atoms with Crippen molar-refractivity contribution < 1.29 is 14.7 Å². The van der Waals surface area contributed by atoms with Gasteiger partial charge in [0.05, 0.1) is 11.5 Å². The van der Waals surface area contributed by atoms with Crippen molar-refractivity contribution in [1.29, 1.82) is 0 Å². The highest BCUT2D eigenvalue weighted by molar-refractivity contribution is 8.00. The lowest BCUT2D eigenvalue weighted by Gasteiger charge is -2.05. The summed E-state index contributed by atoms with van der Waals surface area (Å²) in [5.74, 6) is -0.686. The minimum atomic E-state index is -0.887. The topological polar surface area (TPSA) is 54.4 Å². The molecule has 0 spiro atoms. The van der Waals surface area contributed by atoms with Crippen LogP contribution in [-0.2, 0) is 11.2 Å². The van der Waals surface area contributed by atoms with Gasteiger partial charge in [0.2, 0.25) is 0 Å². The molecule has 16 heavy (non-hydrogen) atoms. The Morgan fingerprint density at radius 2 is 1.94 bits per heavy atom. The Morgan fingerprint density at radius 3 is 2.56 bits per heavy atom. The van der Waals surface area contributed by atoms with Crippen molar-refractivity contribution in [2.45, 2.75) is 13.3 Å². The fraction of sp³-hybridized carbons (Fsp3) is 0.333. The number of hydrogen-bond acceptors (Lipinski definition) is 3. The van der Waals surface area contributed by atoms with Crippen molar-refractivity contribution in [3.63, 3.8) is 0 Å². The van der Waals surface area contributed by atoms with Crippen molar-refractivity contribution in [3.05, 3.63) is 35.4 Å². The lowest BCUT2D eigenvalue weighted by molar-refractivity contribution is -0.133. The van der Waals surface area contributed by atoms with E-state index in [2.05, 4.69) is 0 Å². The highest BCUT2D eigenvalue weighted by atomic mass is 32.2. The van der Waals surface area contributed by atoms with Crippen molar-refractivity contribution >= 4 is 23.5 Å². The molecule has 0 fully saturated rings. The van der Waals surface area contributed by atoms with E-state index in [1.165, 1.54) is 0 Å². The summed E-state index contributed by atoms with van der Waals surface area (Å²) in [6.07, 6.45) is 0.811. The maximum absolute atomic E-state index is 11.8. The molecule has 0 heterocycles. The Bertz CT molecular complexity index is 388. The summed E-state index contributed by atoms with van der Waals surface area (Å²) < 4.78 is 0. The predicted molar refractivity (Wildman–Crippen MR) is 65.1 cm³/mol. The van der Waals surface area contributed by atoms with Crippen molar-refractivity contribution in [1.82, 2.24) is 0 Å². The van der Waals surface area contributed by atoms with E-state index < -0.39 is 5.97 Å². The minimum Gasteiger partial charge on any atom is -0.481 e. The fourth-order valence-corrected chi connectivity index (χ4v) is 2.03. The highest BCUT2D eigenvalue weighted by Crippen LogP contribution is 2.13. The van der Waals surface area contributed by atoms with E-state index in [4.69, 9.17) is 5.11 Å². The molecule has 0 amide bonds. The van der Waals surface area contributed by atoms with E-state index in [1.807, 2.05) is 25.1 Å². The van der Waals surface area contributed by atoms with E-state index in [0.29, 0.717) is 5.56 Å². The Labute approximate surface area is 98.9 Å². The number of carbonyl (C=O) groups is 2. The Balaban J connectivity index is 2.62. The fourth-order valence-electron chi connectivity index (χ4n) is 1.41. The zero-order chi connectivity index (χ0) is 12.0. The van der Waals surface area contributed by atoms with Crippen LogP contribution in [-0.4, -0.2) is 28.4 Å². The quantitative estimate of drug-likeness (QED) is 0.772. The van der Waals surface area contributed by atoms with Crippen LogP contribution in [0.3, 0.4) is 0 Å². The maximum atomic E-state index is 11.8. The van der Waals surface area contributed by atoms with Crippen LogP contribution >= 0.6 is 11.8 Å². The molecule has 0 aliphatic heterocycles. The molecule has 0 saturated carbocycles. The molecule has 0 radical (unpaired) electrons. The van der Waals surface area contributed by atoms with Crippen LogP contribution in [0.4, 0.5) is 0 Å². The van der Waals surface area contributed by atoms with Gasteiger partial charge in [-0.3, -0.25) is 9.59 Å². The van der Waals surface area contributed by atoms with E-state index in [0.717, 1.165) is 23.7 Å². The predicted octanol–water partition coefficient (Wildman–Crippen LogP) is 2.25. The molecular weight excluding hydrogens is 224 g/mol. The molecular formula is C12H14O3S. The van der Waals surface area contributed by atoms with Gasteiger partial charge in [0, 0.05) is 5.56 Å². The summed E-state index contributed by atoms with van der Waals surface area (Å²) in [6.45, 7) is 2.00. The number of benzene rings is 1. The number of ketones is 1. The SMILES string of the molecule is CCc1ccccc1C(=O)CSCC(=O)O. The Morgan fingerprint density at radius 1 is 1.25 bits per heavy atom. The van der Waals surface area contributed by atoms with E-state index >= 15 is 0 Å². The number of hydrogen-bond donors (Lipinski definition) is 1. The number of carboxylic acid groups (broad SMARTS) is 1. The first-order chi connectivity index (χ1) is 7.65. The first kappa shape index (κ1) is 12.8. The number of carboxylic acids is 1. The van der Waals surface area contributed by atoms with Gasteiger partial charge >= 0.3 is 5.97 Å². The summed E-state index contributed by atoms with van der Waals surface area (Å²) in [6, 6.07) is 7.45. The van der Waals surface area contributed by atoms with Crippen molar-refractivity contribution in [2.24, 2.45) is 0 Å². The molecule has 0 bridgehead atoms. The molecule has 0 atom stereocenters. The van der Waals surface area contributed by atoms with Crippen molar-refractivity contribution in [2.75, 3.05) is 11.5 Å². The number of Topliss-reactive ketones (excluding diaryl/α,β-unsaturated/α-hetero) is 1. The molecule has 0 unspecified atom stereocenters. The summed E-state index contributed by atoms with van der Waals surface area (Å²) >= 11 is 1.13. The molecule has 4 heteroatoms. The zero-order valence-corrected chi connectivity index (χ0v) is 9.92.